The smallest absolute Gasteiger partial charge is 0.260 e. The predicted molar refractivity (Wildman–Crippen MR) is 68.4 cm³/mol. The predicted octanol–water partition coefficient (Wildman–Crippen LogP) is 3.20. The van der Waals surface area contributed by atoms with E-state index in [0.717, 1.165) is 22.3 Å². The number of nitrogen functional groups attached to an aromatic ring is 1. The van der Waals surface area contributed by atoms with Gasteiger partial charge in [0.2, 0.25) is 0 Å². The van der Waals surface area contributed by atoms with Crippen molar-refractivity contribution in [2.75, 3.05) is 5.73 Å². The van der Waals surface area contributed by atoms with Crippen molar-refractivity contribution in [2.24, 2.45) is 5.92 Å². The molecule has 88 valence electrons. The second-order valence-electron chi connectivity index (χ2n) is 4.51. The second-order valence-corrected chi connectivity index (χ2v) is 5.42. The van der Waals surface area contributed by atoms with Gasteiger partial charge in [0, 0.05) is 16.1 Å². The molecule has 2 atom stereocenters. The summed E-state index contributed by atoms with van der Waals surface area (Å²) in [6.45, 7) is 2.19. The van der Waals surface area contributed by atoms with E-state index in [1.54, 1.807) is 0 Å². The molecule has 1 aliphatic rings. The van der Waals surface area contributed by atoms with E-state index in [0.29, 0.717) is 23.4 Å². The molecule has 0 radical (unpaired) electrons. The molecule has 1 aromatic carbocycles. The highest BCUT2D eigenvalue weighted by Crippen LogP contribution is 2.46. The first-order chi connectivity index (χ1) is 8.15. The molecule has 1 fully saturated rings. The summed E-state index contributed by atoms with van der Waals surface area (Å²) in [5.41, 5.74) is 7.35. The lowest BCUT2D eigenvalue weighted by Gasteiger charge is -2.00. The maximum absolute atomic E-state index is 5.92. The Morgan fingerprint density at radius 2 is 2.24 bits per heavy atom. The highest BCUT2D eigenvalue weighted by Gasteiger charge is 2.38. The molecule has 0 spiro atoms. The molecule has 1 aliphatic carbocycles. The van der Waals surface area contributed by atoms with E-state index in [2.05, 4.69) is 33.0 Å². The molecule has 2 N–H and O–H groups in total. The number of nitrogens with two attached hydrogens (primary N) is 1. The van der Waals surface area contributed by atoms with Crippen molar-refractivity contribution < 1.29 is 4.52 Å². The molecule has 2 aromatic rings. The highest BCUT2D eigenvalue weighted by molar-refractivity contribution is 9.10. The number of rotatable bonds is 2. The molecule has 2 unspecified atom stereocenters. The van der Waals surface area contributed by atoms with E-state index < -0.39 is 0 Å². The van der Waals surface area contributed by atoms with Gasteiger partial charge < -0.3 is 10.3 Å². The van der Waals surface area contributed by atoms with Crippen LogP contribution in [0.25, 0.3) is 11.5 Å². The maximum Gasteiger partial charge on any atom is 0.260 e. The molecule has 4 nitrogen and oxygen atoms in total. The first-order valence-electron chi connectivity index (χ1n) is 5.54. The van der Waals surface area contributed by atoms with Gasteiger partial charge in [-0.2, -0.15) is 4.98 Å². The Kier molecular flexibility index (Phi) is 2.43. The van der Waals surface area contributed by atoms with E-state index in [4.69, 9.17) is 10.3 Å². The van der Waals surface area contributed by atoms with Crippen molar-refractivity contribution in [1.82, 2.24) is 10.1 Å². The van der Waals surface area contributed by atoms with Crippen molar-refractivity contribution in [2.45, 2.75) is 19.3 Å². The quantitative estimate of drug-likeness (QED) is 0.864. The topological polar surface area (TPSA) is 64.9 Å². The molecule has 1 heterocycles. The molecule has 1 saturated carbocycles. The number of halogens is 1. The molecule has 0 bridgehead atoms. The van der Waals surface area contributed by atoms with Crippen molar-refractivity contribution in [3.05, 3.63) is 28.5 Å². The lowest BCUT2D eigenvalue weighted by Crippen LogP contribution is -1.90. The first kappa shape index (κ1) is 10.8. The summed E-state index contributed by atoms with van der Waals surface area (Å²) in [5, 5.41) is 4.02. The molecule has 3 rings (SSSR count). The maximum atomic E-state index is 5.92. The zero-order chi connectivity index (χ0) is 12.0. The number of benzene rings is 1. The molecular formula is C12H12BrN3O. The van der Waals surface area contributed by atoms with Crippen LogP contribution >= 0.6 is 15.9 Å². The minimum atomic E-state index is 0.462. The molecule has 0 aliphatic heterocycles. The zero-order valence-corrected chi connectivity index (χ0v) is 10.9. The van der Waals surface area contributed by atoms with Crippen LogP contribution in [0.3, 0.4) is 0 Å². The lowest BCUT2D eigenvalue weighted by atomic mass is 10.2. The fourth-order valence-corrected chi connectivity index (χ4v) is 2.28. The number of hydrogen-bond acceptors (Lipinski definition) is 4. The summed E-state index contributed by atoms with van der Waals surface area (Å²) in [6.07, 6.45) is 1.15. The van der Waals surface area contributed by atoms with Gasteiger partial charge in [-0.1, -0.05) is 28.0 Å². The normalized spacial score (nSPS) is 22.7. The van der Waals surface area contributed by atoms with Gasteiger partial charge in [0.1, 0.15) is 0 Å². The first-order valence-corrected chi connectivity index (χ1v) is 6.33. The number of nitrogens with zero attached hydrogens (tertiary/aromatic N) is 2. The fraction of sp³-hybridized carbons (Fsp3) is 0.333. The van der Waals surface area contributed by atoms with Gasteiger partial charge in [-0.3, -0.25) is 0 Å². The van der Waals surface area contributed by atoms with Crippen LogP contribution in [-0.4, -0.2) is 10.1 Å². The minimum Gasteiger partial charge on any atom is -0.398 e. The van der Waals surface area contributed by atoms with Crippen molar-refractivity contribution in [1.29, 1.82) is 0 Å². The summed E-state index contributed by atoms with van der Waals surface area (Å²) < 4.78 is 6.20. The Hall–Kier alpha value is -1.36. The minimum absolute atomic E-state index is 0.462. The molecular weight excluding hydrogens is 282 g/mol. The van der Waals surface area contributed by atoms with Gasteiger partial charge in [-0.25, -0.2) is 0 Å². The van der Waals surface area contributed by atoms with Crippen LogP contribution in [0.2, 0.25) is 0 Å². The highest BCUT2D eigenvalue weighted by atomic mass is 79.9. The van der Waals surface area contributed by atoms with E-state index in [1.807, 2.05) is 18.2 Å². The Labute approximate surface area is 107 Å². The van der Waals surface area contributed by atoms with Gasteiger partial charge in [-0.05, 0) is 30.5 Å². The molecule has 0 saturated heterocycles. The molecule has 17 heavy (non-hydrogen) atoms. The third-order valence-electron chi connectivity index (χ3n) is 3.13. The second kappa shape index (κ2) is 3.84. The average molecular weight is 294 g/mol. The van der Waals surface area contributed by atoms with Crippen LogP contribution in [0, 0.1) is 5.92 Å². The monoisotopic (exact) mass is 293 g/mol. The van der Waals surface area contributed by atoms with Crippen LogP contribution in [0.5, 0.6) is 0 Å². The summed E-state index contributed by atoms with van der Waals surface area (Å²) in [7, 11) is 0. The van der Waals surface area contributed by atoms with Gasteiger partial charge in [-0.15, -0.1) is 0 Å². The van der Waals surface area contributed by atoms with E-state index >= 15 is 0 Å². The van der Waals surface area contributed by atoms with Crippen molar-refractivity contribution in [3.63, 3.8) is 0 Å². The average Bonchev–Trinajstić information content (AvgIpc) is 2.83. The largest absolute Gasteiger partial charge is 0.398 e. The third-order valence-corrected chi connectivity index (χ3v) is 3.62. The van der Waals surface area contributed by atoms with Crippen LogP contribution < -0.4 is 5.73 Å². The van der Waals surface area contributed by atoms with E-state index in [9.17, 15) is 0 Å². The Morgan fingerprint density at radius 3 is 2.88 bits per heavy atom. The van der Waals surface area contributed by atoms with Crippen LogP contribution in [-0.2, 0) is 0 Å². The van der Waals surface area contributed by atoms with Crippen molar-refractivity contribution >= 4 is 21.6 Å². The van der Waals surface area contributed by atoms with Gasteiger partial charge in [0.15, 0.2) is 5.82 Å². The number of hydrogen-bond donors (Lipinski definition) is 1. The van der Waals surface area contributed by atoms with Crippen LogP contribution in [0.1, 0.15) is 25.1 Å². The summed E-state index contributed by atoms with van der Waals surface area (Å²) in [5.74, 6) is 2.44. The van der Waals surface area contributed by atoms with Crippen LogP contribution in [0.4, 0.5) is 5.69 Å². The summed E-state index contributed by atoms with van der Waals surface area (Å²) in [6, 6.07) is 5.63. The number of anilines is 1. The Balaban J connectivity index is 1.95. The van der Waals surface area contributed by atoms with E-state index in [-0.39, 0.29) is 0 Å². The fourth-order valence-electron chi connectivity index (χ4n) is 1.91. The standard InChI is InChI=1S/C12H12BrN3O/c1-6-4-9(6)11-15-12(17-16-11)8-3-2-7(13)5-10(8)14/h2-3,5-6,9H,4,14H2,1H3. The molecule has 0 amide bonds. The molecule has 1 aromatic heterocycles. The Morgan fingerprint density at radius 1 is 1.47 bits per heavy atom. The van der Waals surface area contributed by atoms with Gasteiger partial charge >= 0.3 is 0 Å². The van der Waals surface area contributed by atoms with Gasteiger partial charge in [0.05, 0.1) is 5.56 Å². The Bertz CT molecular complexity index is 567. The SMILES string of the molecule is CC1CC1c1noc(-c2ccc(Br)cc2N)n1. The molecule has 5 heteroatoms. The summed E-state index contributed by atoms with van der Waals surface area (Å²) >= 11 is 3.37. The zero-order valence-electron chi connectivity index (χ0n) is 9.35. The summed E-state index contributed by atoms with van der Waals surface area (Å²) in [4.78, 5) is 4.41. The van der Waals surface area contributed by atoms with Crippen LogP contribution in [0.15, 0.2) is 27.2 Å². The van der Waals surface area contributed by atoms with Gasteiger partial charge in [0.25, 0.3) is 5.89 Å². The van der Waals surface area contributed by atoms with Crippen molar-refractivity contribution in [3.8, 4) is 11.5 Å². The third kappa shape index (κ3) is 1.95. The lowest BCUT2D eigenvalue weighted by molar-refractivity contribution is 0.422. The number of aromatic nitrogens is 2. The van der Waals surface area contributed by atoms with E-state index in [1.165, 1.54) is 0 Å².